The lowest BCUT2D eigenvalue weighted by Crippen LogP contribution is -2.06. The number of halogens is 2. The zero-order valence-electron chi connectivity index (χ0n) is 8.20. The lowest BCUT2D eigenvalue weighted by molar-refractivity contribution is 0.513. The van der Waals surface area contributed by atoms with Crippen molar-refractivity contribution in [1.29, 1.82) is 0 Å². The van der Waals surface area contributed by atoms with E-state index < -0.39 is 26.4 Å². The van der Waals surface area contributed by atoms with Crippen molar-refractivity contribution in [2.24, 2.45) is 4.99 Å². The number of isocyanates is 1. The number of hydrogen-bond donors (Lipinski definition) is 0. The van der Waals surface area contributed by atoms with Crippen LogP contribution in [0, 0.1) is 11.6 Å². The predicted octanol–water partition coefficient (Wildman–Crippen LogP) is 1.20. The molecule has 7 heteroatoms. The summed E-state index contributed by atoms with van der Waals surface area (Å²) >= 11 is 0. The number of benzene rings is 1. The van der Waals surface area contributed by atoms with Gasteiger partial charge in [0.2, 0.25) is 6.08 Å². The average molecular weight is 247 g/mol. The fraction of sp³-hybridized carbons (Fsp3) is 0.222. The third-order valence-electron chi connectivity index (χ3n) is 1.81. The Morgan fingerprint density at radius 2 is 2.00 bits per heavy atom. The molecule has 0 fully saturated rings. The van der Waals surface area contributed by atoms with Gasteiger partial charge in [-0.05, 0) is 6.07 Å². The average Bonchev–Trinajstić information content (AvgIpc) is 2.14. The molecule has 1 aromatic carbocycles. The fourth-order valence-electron chi connectivity index (χ4n) is 1.15. The van der Waals surface area contributed by atoms with Crippen LogP contribution in [0.15, 0.2) is 22.0 Å². The molecule has 0 N–H and O–H groups in total. The van der Waals surface area contributed by atoms with Crippen molar-refractivity contribution in [3.63, 3.8) is 0 Å². The fourth-order valence-corrected chi connectivity index (χ4v) is 2.03. The molecule has 0 aliphatic carbocycles. The second-order valence-electron chi connectivity index (χ2n) is 3.03. The molecule has 0 unspecified atom stereocenters. The van der Waals surface area contributed by atoms with Crippen LogP contribution in [-0.2, 0) is 21.2 Å². The smallest absolute Gasteiger partial charge is 0.224 e. The van der Waals surface area contributed by atoms with Gasteiger partial charge >= 0.3 is 0 Å². The molecule has 1 rings (SSSR count). The lowest BCUT2D eigenvalue weighted by atomic mass is 10.2. The summed E-state index contributed by atoms with van der Waals surface area (Å²) < 4.78 is 48.9. The van der Waals surface area contributed by atoms with E-state index in [2.05, 4.69) is 4.99 Å². The Morgan fingerprint density at radius 1 is 1.38 bits per heavy atom. The third kappa shape index (κ3) is 2.50. The highest BCUT2D eigenvalue weighted by Gasteiger charge is 2.21. The van der Waals surface area contributed by atoms with Gasteiger partial charge in [0, 0.05) is 11.8 Å². The van der Waals surface area contributed by atoms with E-state index in [4.69, 9.17) is 0 Å². The summed E-state index contributed by atoms with van der Waals surface area (Å²) in [6, 6.07) is 1.84. The molecule has 0 saturated heterocycles. The minimum absolute atomic E-state index is 0.176. The SMILES string of the molecule is CS(=O)(=O)c1c(F)ccc(CN=C=O)c1F. The maximum absolute atomic E-state index is 13.5. The van der Waals surface area contributed by atoms with Crippen LogP contribution in [-0.4, -0.2) is 20.8 Å². The molecule has 0 aliphatic heterocycles. The number of nitrogens with zero attached hydrogens (tertiary/aromatic N) is 1. The highest BCUT2D eigenvalue weighted by atomic mass is 32.2. The highest BCUT2D eigenvalue weighted by Crippen LogP contribution is 2.22. The van der Waals surface area contributed by atoms with Gasteiger partial charge in [0.25, 0.3) is 0 Å². The van der Waals surface area contributed by atoms with Gasteiger partial charge in [-0.1, -0.05) is 6.07 Å². The van der Waals surface area contributed by atoms with Crippen molar-refractivity contribution in [3.05, 3.63) is 29.3 Å². The van der Waals surface area contributed by atoms with Crippen molar-refractivity contribution in [2.45, 2.75) is 11.4 Å². The van der Waals surface area contributed by atoms with E-state index >= 15 is 0 Å². The van der Waals surface area contributed by atoms with Gasteiger partial charge in [-0.25, -0.2) is 27.0 Å². The number of aliphatic imine (C=N–C) groups is 1. The number of sulfone groups is 1. The van der Waals surface area contributed by atoms with Crippen LogP contribution in [0.4, 0.5) is 8.78 Å². The van der Waals surface area contributed by atoms with Crippen LogP contribution >= 0.6 is 0 Å². The first-order valence-corrected chi connectivity index (χ1v) is 5.97. The summed E-state index contributed by atoms with van der Waals surface area (Å²) in [4.78, 5) is 11.9. The Morgan fingerprint density at radius 3 is 2.50 bits per heavy atom. The van der Waals surface area contributed by atoms with Gasteiger partial charge in [0.15, 0.2) is 9.84 Å². The minimum Gasteiger partial charge on any atom is -0.224 e. The molecule has 4 nitrogen and oxygen atoms in total. The van der Waals surface area contributed by atoms with Crippen molar-refractivity contribution in [1.82, 2.24) is 0 Å². The van der Waals surface area contributed by atoms with Gasteiger partial charge < -0.3 is 0 Å². The number of hydrogen-bond acceptors (Lipinski definition) is 4. The Kier molecular flexibility index (Phi) is 3.51. The molecule has 0 saturated carbocycles. The zero-order valence-corrected chi connectivity index (χ0v) is 9.01. The van der Waals surface area contributed by atoms with Crippen molar-refractivity contribution < 1.29 is 22.0 Å². The molecule has 0 bridgehead atoms. The van der Waals surface area contributed by atoms with Gasteiger partial charge in [0.05, 0.1) is 6.54 Å². The molecule has 1 aromatic rings. The summed E-state index contributed by atoms with van der Waals surface area (Å²) in [6.07, 6.45) is 1.88. The van der Waals surface area contributed by atoms with Crippen molar-refractivity contribution in [2.75, 3.05) is 6.26 Å². The number of rotatable bonds is 3. The zero-order chi connectivity index (χ0) is 12.3. The Balaban J connectivity index is 3.44. The van der Waals surface area contributed by atoms with E-state index in [0.29, 0.717) is 6.26 Å². The topological polar surface area (TPSA) is 63.6 Å². The number of carbonyl (C=O) groups excluding carboxylic acids is 1. The highest BCUT2D eigenvalue weighted by molar-refractivity contribution is 7.90. The van der Waals surface area contributed by atoms with E-state index in [-0.39, 0.29) is 12.1 Å². The summed E-state index contributed by atoms with van der Waals surface area (Å²) in [5, 5.41) is 0. The Hall–Kier alpha value is -1.59. The first kappa shape index (κ1) is 12.5. The van der Waals surface area contributed by atoms with Gasteiger partial charge in [-0.15, -0.1) is 0 Å². The quantitative estimate of drug-likeness (QED) is 0.595. The van der Waals surface area contributed by atoms with Crippen LogP contribution in [0.1, 0.15) is 5.56 Å². The van der Waals surface area contributed by atoms with Crippen molar-refractivity contribution in [3.8, 4) is 0 Å². The van der Waals surface area contributed by atoms with Crippen molar-refractivity contribution >= 4 is 15.9 Å². The predicted molar refractivity (Wildman–Crippen MR) is 51.3 cm³/mol. The summed E-state index contributed by atoms with van der Waals surface area (Å²) in [7, 11) is -4.00. The summed E-state index contributed by atoms with van der Waals surface area (Å²) in [5.41, 5.74) is -0.176. The molecule has 0 aromatic heterocycles. The normalized spacial score (nSPS) is 10.9. The maximum Gasteiger partial charge on any atom is 0.235 e. The van der Waals surface area contributed by atoms with E-state index in [0.717, 1.165) is 12.1 Å². The van der Waals surface area contributed by atoms with Crippen LogP contribution in [0.2, 0.25) is 0 Å². The minimum atomic E-state index is -4.00. The van der Waals surface area contributed by atoms with Gasteiger partial charge in [-0.3, -0.25) is 0 Å². The second-order valence-corrected chi connectivity index (χ2v) is 4.98. The monoisotopic (exact) mass is 247 g/mol. The Bertz CT molecular complexity index is 562. The van der Waals surface area contributed by atoms with Crippen LogP contribution in [0.25, 0.3) is 0 Å². The molecule has 0 atom stereocenters. The third-order valence-corrected chi connectivity index (χ3v) is 2.93. The molecular formula is C9H7F2NO3S. The molecule has 0 amide bonds. The van der Waals surface area contributed by atoms with E-state index in [9.17, 15) is 22.0 Å². The van der Waals surface area contributed by atoms with E-state index in [1.165, 1.54) is 6.08 Å². The first-order valence-electron chi connectivity index (χ1n) is 4.08. The van der Waals surface area contributed by atoms with E-state index in [1.807, 2.05) is 0 Å². The van der Waals surface area contributed by atoms with Gasteiger partial charge in [-0.2, -0.15) is 0 Å². The van der Waals surface area contributed by atoms with Crippen LogP contribution < -0.4 is 0 Å². The first-order chi connectivity index (χ1) is 7.38. The molecule has 16 heavy (non-hydrogen) atoms. The largest absolute Gasteiger partial charge is 0.235 e. The summed E-state index contributed by atoms with van der Waals surface area (Å²) in [6.45, 7) is -0.377. The van der Waals surface area contributed by atoms with Crippen LogP contribution in [0.5, 0.6) is 0 Å². The standard InChI is InChI=1S/C9H7F2NO3S/c1-16(14,15)9-7(10)3-2-6(8(9)11)4-12-5-13/h2-3H,4H2,1H3. The molecular weight excluding hydrogens is 240 g/mol. The Labute approximate surface area is 90.5 Å². The van der Waals surface area contributed by atoms with Gasteiger partial charge in [0.1, 0.15) is 16.5 Å². The van der Waals surface area contributed by atoms with Crippen LogP contribution in [0.3, 0.4) is 0 Å². The molecule has 0 heterocycles. The summed E-state index contributed by atoms with van der Waals surface area (Å²) in [5.74, 6) is -2.39. The molecule has 0 aliphatic rings. The molecule has 0 radical (unpaired) electrons. The molecule has 86 valence electrons. The molecule has 0 spiro atoms. The van der Waals surface area contributed by atoms with E-state index in [1.54, 1.807) is 0 Å². The second kappa shape index (κ2) is 4.51. The lowest BCUT2D eigenvalue weighted by Gasteiger charge is -2.05. The maximum atomic E-state index is 13.5.